The van der Waals surface area contributed by atoms with Crippen LogP contribution in [0.3, 0.4) is 0 Å². The SMILES string of the molecule is O=[N+]([O-])c1ccc(CCN2CCCNc3ccccc32)cc1. The van der Waals surface area contributed by atoms with Crippen molar-refractivity contribution in [3.05, 3.63) is 64.2 Å². The van der Waals surface area contributed by atoms with Crippen LogP contribution in [0.5, 0.6) is 0 Å². The van der Waals surface area contributed by atoms with Gasteiger partial charge in [-0.15, -0.1) is 0 Å². The summed E-state index contributed by atoms with van der Waals surface area (Å²) in [6.07, 6.45) is 1.99. The Hall–Kier alpha value is -2.56. The summed E-state index contributed by atoms with van der Waals surface area (Å²) in [4.78, 5) is 12.7. The molecule has 2 aromatic carbocycles. The maximum atomic E-state index is 10.7. The Morgan fingerprint density at radius 1 is 1.14 bits per heavy atom. The van der Waals surface area contributed by atoms with Gasteiger partial charge in [-0.2, -0.15) is 0 Å². The van der Waals surface area contributed by atoms with Gasteiger partial charge >= 0.3 is 0 Å². The third-order valence-corrected chi connectivity index (χ3v) is 3.98. The number of para-hydroxylation sites is 2. The average Bonchev–Trinajstić information content (AvgIpc) is 2.75. The summed E-state index contributed by atoms with van der Waals surface area (Å²) in [6, 6.07) is 15.2. The molecule has 0 aliphatic carbocycles. The van der Waals surface area contributed by atoms with Crippen molar-refractivity contribution in [3.63, 3.8) is 0 Å². The molecule has 1 heterocycles. The maximum Gasteiger partial charge on any atom is 0.269 e. The van der Waals surface area contributed by atoms with Gasteiger partial charge < -0.3 is 10.2 Å². The number of nitrogens with one attached hydrogen (secondary N) is 1. The molecule has 2 aromatic rings. The highest BCUT2D eigenvalue weighted by atomic mass is 16.6. The molecule has 0 fully saturated rings. The minimum atomic E-state index is -0.361. The zero-order valence-electron chi connectivity index (χ0n) is 12.4. The molecular formula is C17H19N3O2. The van der Waals surface area contributed by atoms with Crippen molar-refractivity contribution >= 4 is 17.1 Å². The minimum Gasteiger partial charge on any atom is -0.383 e. The van der Waals surface area contributed by atoms with E-state index in [1.54, 1.807) is 12.1 Å². The fourth-order valence-electron chi connectivity index (χ4n) is 2.79. The summed E-state index contributed by atoms with van der Waals surface area (Å²) in [5, 5.41) is 14.1. The first-order valence-corrected chi connectivity index (χ1v) is 7.55. The first-order valence-electron chi connectivity index (χ1n) is 7.55. The van der Waals surface area contributed by atoms with Crippen LogP contribution in [0, 0.1) is 10.1 Å². The number of nitro groups is 1. The highest BCUT2D eigenvalue weighted by Gasteiger charge is 2.14. The van der Waals surface area contributed by atoms with Crippen molar-refractivity contribution in [2.75, 3.05) is 29.9 Å². The van der Waals surface area contributed by atoms with E-state index in [9.17, 15) is 10.1 Å². The molecule has 0 aromatic heterocycles. The van der Waals surface area contributed by atoms with Gasteiger partial charge in [-0.3, -0.25) is 10.1 Å². The second-order valence-corrected chi connectivity index (χ2v) is 5.46. The number of nitro benzene ring substituents is 1. The molecule has 1 aliphatic rings. The molecule has 22 heavy (non-hydrogen) atoms. The van der Waals surface area contributed by atoms with E-state index < -0.39 is 0 Å². The largest absolute Gasteiger partial charge is 0.383 e. The maximum absolute atomic E-state index is 10.7. The zero-order valence-corrected chi connectivity index (χ0v) is 12.4. The highest BCUT2D eigenvalue weighted by Crippen LogP contribution is 2.28. The number of benzene rings is 2. The van der Waals surface area contributed by atoms with Gasteiger partial charge in [0.2, 0.25) is 0 Å². The quantitative estimate of drug-likeness (QED) is 0.693. The molecule has 3 rings (SSSR count). The average molecular weight is 297 g/mol. The summed E-state index contributed by atoms with van der Waals surface area (Å²) in [6.45, 7) is 2.93. The molecule has 0 saturated heterocycles. The fourth-order valence-corrected chi connectivity index (χ4v) is 2.79. The van der Waals surface area contributed by atoms with E-state index in [1.807, 2.05) is 18.2 Å². The Morgan fingerprint density at radius 3 is 2.68 bits per heavy atom. The van der Waals surface area contributed by atoms with Gasteiger partial charge in [-0.25, -0.2) is 0 Å². The number of hydrogen-bond donors (Lipinski definition) is 1. The second-order valence-electron chi connectivity index (χ2n) is 5.46. The van der Waals surface area contributed by atoms with Crippen LogP contribution in [0.1, 0.15) is 12.0 Å². The van der Waals surface area contributed by atoms with E-state index in [1.165, 1.54) is 11.4 Å². The lowest BCUT2D eigenvalue weighted by atomic mass is 10.1. The van der Waals surface area contributed by atoms with Crippen LogP contribution in [0.2, 0.25) is 0 Å². The van der Waals surface area contributed by atoms with Gasteiger partial charge in [0.25, 0.3) is 5.69 Å². The van der Waals surface area contributed by atoms with E-state index >= 15 is 0 Å². The summed E-state index contributed by atoms with van der Waals surface area (Å²) >= 11 is 0. The number of anilines is 2. The Labute approximate surface area is 129 Å². The summed E-state index contributed by atoms with van der Waals surface area (Å²) in [5.41, 5.74) is 3.69. The van der Waals surface area contributed by atoms with Crippen molar-refractivity contribution < 1.29 is 4.92 Å². The smallest absolute Gasteiger partial charge is 0.269 e. The predicted octanol–water partition coefficient (Wildman–Crippen LogP) is 3.46. The monoisotopic (exact) mass is 297 g/mol. The number of hydrogen-bond acceptors (Lipinski definition) is 4. The van der Waals surface area contributed by atoms with E-state index in [2.05, 4.69) is 28.4 Å². The lowest BCUT2D eigenvalue weighted by molar-refractivity contribution is -0.384. The molecule has 0 radical (unpaired) electrons. The zero-order chi connectivity index (χ0) is 15.4. The van der Waals surface area contributed by atoms with Crippen molar-refractivity contribution in [2.45, 2.75) is 12.8 Å². The van der Waals surface area contributed by atoms with E-state index in [-0.39, 0.29) is 10.6 Å². The predicted molar refractivity (Wildman–Crippen MR) is 88.6 cm³/mol. The Morgan fingerprint density at radius 2 is 1.91 bits per heavy atom. The molecule has 114 valence electrons. The lowest BCUT2D eigenvalue weighted by Gasteiger charge is -2.24. The minimum absolute atomic E-state index is 0.146. The summed E-state index contributed by atoms with van der Waals surface area (Å²) in [7, 11) is 0. The Balaban J connectivity index is 1.69. The van der Waals surface area contributed by atoms with Crippen molar-refractivity contribution in [1.29, 1.82) is 0 Å². The molecule has 0 unspecified atom stereocenters. The molecule has 1 N–H and O–H groups in total. The number of non-ortho nitro benzene ring substituents is 1. The molecule has 5 heteroatoms. The van der Waals surface area contributed by atoms with Crippen molar-refractivity contribution in [3.8, 4) is 0 Å². The first kappa shape index (κ1) is 14.4. The van der Waals surface area contributed by atoms with Crippen molar-refractivity contribution in [1.82, 2.24) is 0 Å². The third kappa shape index (κ3) is 3.19. The van der Waals surface area contributed by atoms with Gasteiger partial charge in [0.1, 0.15) is 0 Å². The standard InChI is InChI=1S/C17H19N3O2/c21-20(22)15-8-6-14(7-9-15)10-13-19-12-3-11-18-16-4-1-2-5-17(16)19/h1-2,4-9,18H,3,10-13H2. The summed E-state index contributed by atoms with van der Waals surface area (Å²) < 4.78 is 0. The normalized spacial score (nSPS) is 13.9. The van der Waals surface area contributed by atoms with Crippen LogP contribution in [-0.4, -0.2) is 24.6 Å². The Kier molecular flexibility index (Phi) is 4.23. The van der Waals surface area contributed by atoms with Crippen LogP contribution >= 0.6 is 0 Å². The summed E-state index contributed by atoms with van der Waals surface area (Å²) in [5.74, 6) is 0. The highest BCUT2D eigenvalue weighted by molar-refractivity contribution is 5.70. The van der Waals surface area contributed by atoms with Crippen LogP contribution in [0.4, 0.5) is 17.1 Å². The van der Waals surface area contributed by atoms with E-state index in [0.29, 0.717) is 0 Å². The van der Waals surface area contributed by atoms with E-state index in [0.717, 1.165) is 38.0 Å². The van der Waals surface area contributed by atoms with Crippen LogP contribution in [0.15, 0.2) is 48.5 Å². The van der Waals surface area contributed by atoms with Gasteiger partial charge in [0.15, 0.2) is 0 Å². The molecule has 1 aliphatic heterocycles. The van der Waals surface area contributed by atoms with Crippen molar-refractivity contribution in [2.24, 2.45) is 0 Å². The Bertz CT molecular complexity index is 655. The van der Waals surface area contributed by atoms with Gasteiger partial charge in [-0.1, -0.05) is 24.3 Å². The third-order valence-electron chi connectivity index (χ3n) is 3.98. The number of fused-ring (bicyclic) bond motifs is 1. The molecular weight excluding hydrogens is 278 g/mol. The van der Waals surface area contributed by atoms with Crippen LogP contribution < -0.4 is 10.2 Å². The van der Waals surface area contributed by atoms with Gasteiger partial charge in [-0.05, 0) is 30.5 Å². The molecule has 0 spiro atoms. The molecule has 0 bridgehead atoms. The second kappa shape index (κ2) is 6.47. The molecule has 0 amide bonds. The van der Waals surface area contributed by atoms with Crippen LogP contribution in [0.25, 0.3) is 0 Å². The van der Waals surface area contributed by atoms with E-state index in [4.69, 9.17) is 0 Å². The molecule has 0 atom stereocenters. The van der Waals surface area contributed by atoms with Gasteiger partial charge in [0.05, 0.1) is 16.3 Å². The number of rotatable bonds is 4. The van der Waals surface area contributed by atoms with Crippen LogP contribution in [-0.2, 0) is 6.42 Å². The first-order chi connectivity index (χ1) is 10.7. The topological polar surface area (TPSA) is 58.4 Å². The fraction of sp³-hybridized carbons (Fsp3) is 0.294. The molecule has 0 saturated carbocycles. The molecule has 5 nitrogen and oxygen atoms in total. The lowest BCUT2D eigenvalue weighted by Crippen LogP contribution is -2.26. The number of nitrogens with zero attached hydrogens (tertiary/aromatic N) is 2. The van der Waals surface area contributed by atoms with Gasteiger partial charge in [0, 0.05) is 31.8 Å².